The summed E-state index contributed by atoms with van der Waals surface area (Å²) in [4.78, 5) is 13.9. The predicted molar refractivity (Wildman–Crippen MR) is 99.3 cm³/mol. The normalized spacial score (nSPS) is 27.5. The highest BCUT2D eigenvalue weighted by Gasteiger charge is 2.57. The zero-order valence-electron chi connectivity index (χ0n) is 14.2. The number of carbonyl (C=O) groups is 1. The minimum atomic E-state index is -0.416. The molecule has 1 aromatic carbocycles. The van der Waals surface area contributed by atoms with Gasteiger partial charge in [0.05, 0.1) is 0 Å². The van der Waals surface area contributed by atoms with E-state index in [0.29, 0.717) is 23.9 Å². The summed E-state index contributed by atoms with van der Waals surface area (Å²) in [6, 6.07) is 9.54. The molecule has 1 saturated carbocycles. The molecule has 1 N–H and O–H groups in total. The van der Waals surface area contributed by atoms with Gasteiger partial charge in [0.15, 0.2) is 0 Å². The van der Waals surface area contributed by atoms with Gasteiger partial charge < -0.3 is 15.0 Å². The lowest BCUT2D eigenvalue weighted by Gasteiger charge is -2.26. The van der Waals surface area contributed by atoms with Crippen LogP contribution in [0.5, 0.6) is 0 Å². The zero-order valence-corrected chi connectivity index (χ0v) is 16.3. The molecule has 126 valence electrons. The molecule has 0 radical (unpaired) electrons. The van der Waals surface area contributed by atoms with Crippen LogP contribution in [0.1, 0.15) is 39.3 Å². The smallest absolute Gasteiger partial charge is 0.410 e. The third kappa shape index (κ3) is 3.99. The molecule has 1 amide bonds. The van der Waals surface area contributed by atoms with E-state index >= 15 is 0 Å². The van der Waals surface area contributed by atoms with Gasteiger partial charge in [-0.1, -0.05) is 12.1 Å². The van der Waals surface area contributed by atoms with E-state index in [-0.39, 0.29) is 6.09 Å². The maximum absolute atomic E-state index is 12.1. The second kappa shape index (κ2) is 6.24. The van der Waals surface area contributed by atoms with Crippen molar-refractivity contribution >= 4 is 28.7 Å². The van der Waals surface area contributed by atoms with Gasteiger partial charge in [-0.25, -0.2) is 4.79 Å². The van der Waals surface area contributed by atoms with Crippen molar-refractivity contribution in [1.82, 2.24) is 10.2 Å². The van der Waals surface area contributed by atoms with Crippen molar-refractivity contribution in [2.24, 2.45) is 11.8 Å². The van der Waals surface area contributed by atoms with E-state index in [2.05, 4.69) is 59.1 Å². The Balaban J connectivity index is 1.48. The Bertz CT molecular complexity index is 570. The Morgan fingerprint density at radius 1 is 1.26 bits per heavy atom. The molecule has 5 heteroatoms. The van der Waals surface area contributed by atoms with Gasteiger partial charge in [-0.2, -0.15) is 0 Å². The number of likely N-dealkylation sites (tertiary alicyclic amines) is 1. The predicted octanol–water partition coefficient (Wildman–Crippen LogP) is 3.81. The summed E-state index contributed by atoms with van der Waals surface area (Å²) in [5.41, 5.74) is 0.903. The van der Waals surface area contributed by atoms with Crippen LogP contribution >= 0.6 is 22.6 Å². The topological polar surface area (TPSA) is 41.6 Å². The van der Waals surface area contributed by atoms with Crippen LogP contribution < -0.4 is 5.32 Å². The summed E-state index contributed by atoms with van der Waals surface area (Å²) in [6.45, 7) is 9.58. The van der Waals surface area contributed by atoms with Crippen LogP contribution in [0, 0.1) is 15.4 Å². The second-order valence-electron chi connectivity index (χ2n) is 7.68. The van der Waals surface area contributed by atoms with Gasteiger partial charge in [0.1, 0.15) is 5.60 Å². The lowest BCUT2D eigenvalue weighted by molar-refractivity contribution is 0.0269. The van der Waals surface area contributed by atoms with Gasteiger partial charge in [0.25, 0.3) is 0 Å². The molecule has 4 nitrogen and oxygen atoms in total. The first-order valence-corrected chi connectivity index (χ1v) is 9.32. The molecule has 1 heterocycles. The molecular formula is C18H25IN2O2. The van der Waals surface area contributed by atoms with Crippen LogP contribution in [-0.2, 0) is 4.74 Å². The van der Waals surface area contributed by atoms with Gasteiger partial charge in [0.2, 0.25) is 0 Å². The first kappa shape index (κ1) is 17.0. The Hall–Kier alpha value is -0.820. The van der Waals surface area contributed by atoms with E-state index in [9.17, 15) is 4.79 Å². The number of rotatable bonds is 3. The molecule has 0 spiro atoms. The summed E-state index contributed by atoms with van der Waals surface area (Å²) in [5, 5.41) is 3.72. The van der Waals surface area contributed by atoms with E-state index in [0.717, 1.165) is 13.1 Å². The fourth-order valence-electron chi connectivity index (χ4n) is 3.39. The van der Waals surface area contributed by atoms with Gasteiger partial charge in [0, 0.05) is 28.7 Å². The van der Waals surface area contributed by atoms with Crippen LogP contribution in [0.25, 0.3) is 0 Å². The number of hydrogen-bond donors (Lipinski definition) is 1. The number of piperidine rings is 1. The molecule has 3 atom stereocenters. The van der Waals surface area contributed by atoms with E-state index in [1.807, 2.05) is 25.7 Å². The second-order valence-corrected chi connectivity index (χ2v) is 8.92. The van der Waals surface area contributed by atoms with Crippen LogP contribution in [0.15, 0.2) is 24.3 Å². The first-order chi connectivity index (χ1) is 10.7. The molecule has 1 aromatic rings. The molecule has 1 saturated heterocycles. The molecule has 3 unspecified atom stereocenters. The molecule has 2 aliphatic rings. The van der Waals surface area contributed by atoms with Crippen LogP contribution in [0.3, 0.4) is 0 Å². The number of benzene rings is 1. The largest absolute Gasteiger partial charge is 0.444 e. The molecule has 1 aliphatic carbocycles. The summed E-state index contributed by atoms with van der Waals surface area (Å²) in [5.74, 6) is 1.16. The fraction of sp³-hybridized carbons (Fsp3) is 0.611. The standard InChI is InChI=1S/C18H25IN2O2/c1-11(12-5-7-13(19)8-6-12)20-16-14-9-21(10-15(14)16)17(22)23-18(2,3)4/h5-8,11,14-16,20H,9-10H2,1-4H3. The van der Waals surface area contributed by atoms with Gasteiger partial charge >= 0.3 is 6.09 Å². The molecule has 0 aromatic heterocycles. The summed E-state index contributed by atoms with van der Waals surface area (Å²) < 4.78 is 6.71. The minimum Gasteiger partial charge on any atom is -0.444 e. The summed E-state index contributed by atoms with van der Waals surface area (Å²) in [6.07, 6.45) is -0.172. The van der Waals surface area contributed by atoms with Crippen molar-refractivity contribution in [3.05, 3.63) is 33.4 Å². The zero-order chi connectivity index (χ0) is 16.8. The molecule has 1 aliphatic heterocycles. The third-order valence-corrected chi connectivity index (χ3v) is 5.38. The van der Waals surface area contributed by atoms with Crippen molar-refractivity contribution in [3.8, 4) is 0 Å². The highest BCUT2D eigenvalue weighted by Crippen LogP contribution is 2.46. The van der Waals surface area contributed by atoms with E-state index < -0.39 is 5.60 Å². The van der Waals surface area contributed by atoms with Crippen molar-refractivity contribution in [2.45, 2.75) is 45.4 Å². The van der Waals surface area contributed by atoms with E-state index in [4.69, 9.17) is 4.74 Å². The number of carbonyl (C=O) groups excluding carboxylic acids is 1. The molecule has 3 rings (SSSR count). The van der Waals surface area contributed by atoms with Gasteiger partial charge in [-0.3, -0.25) is 0 Å². The minimum absolute atomic E-state index is 0.172. The van der Waals surface area contributed by atoms with Crippen molar-refractivity contribution in [2.75, 3.05) is 13.1 Å². The maximum atomic E-state index is 12.1. The Morgan fingerprint density at radius 2 is 1.83 bits per heavy atom. The van der Waals surface area contributed by atoms with Gasteiger partial charge in [-0.15, -0.1) is 0 Å². The quantitative estimate of drug-likeness (QED) is 0.745. The van der Waals surface area contributed by atoms with Gasteiger partial charge in [-0.05, 0) is 79.8 Å². The fourth-order valence-corrected chi connectivity index (χ4v) is 3.75. The average molecular weight is 428 g/mol. The van der Waals surface area contributed by atoms with Crippen molar-refractivity contribution < 1.29 is 9.53 Å². The Kier molecular flexibility index (Phi) is 4.62. The number of amides is 1. The highest BCUT2D eigenvalue weighted by atomic mass is 127. The first-order valence-electron chi connectivity index (χ1n) is 8.24. The number of nitrogens with one attached hydrogen (secondary N) is 1. The van der Waals surface area contributed by atoms with Crippen molar-refractivity contribution in [3.63, 3.8) is 0 Å². The molecule has 0 bridgehead atoms. The van der Waals surface area contributed by atoms with E-state index in [1.54, 1.807) is 0 Å². The van der Waals surface area contributed by atoms with Crippen LogP contribution in [0.4, 0.5) is 4.79 Å². The SMILES string of the molecule is CC(NC1C2CN(C(=O)OC(C)(C)C)CC21)c1ccc(I)cc1. The number of ether oxygens (including phenoxy) is 1. The van der Waals surface area contributed by atoms with E-state index in [1.165, 1.54) is 9.13 Å². The maximum Gasteiger partial charge on any atom is 0.410 e. The monoisotopic (exact) mass is 428 g/mol. The summed E-state index contributed by atoms with van der Waals surface area (Å²) >= 11 is 2.33. The third-order valence-electron chi connectivity index (χ3n) is 4.66. The number of hydrogen-bond acceptors (Lipinski definition) is 3. The van der Waals surface area contributed by atoms with Crippen molar-refractivity contribution in [1.29, 1.82) is 0 Å². The number of nitrogens with zero attached hydrogens (tertiary/aromatic N) is 1. The molecule has 23 heavy (non-hydrogen) atoms. The summed E-state index contributed by atoms with van der Waals surface area (Å²) in [7, 11) is 0. The lowest BCUT2D eigenvalue weighted by atomic mass is 10.1. The Morgan fingerprint density at radius 3 is 2.35 bits per heavy atom. The average Bonchev–Trinajstić information content (AvgIpc) is 2.90. The van der Waals surface area contributed by atoms with Crippen LogP contribution in [0.2, 0.25) is 0 Å². The highest BCUT2D eigenvalue weighted by molar-refractivity contribution is 14.1. The number of halogens is 1. The number of fused-ring (bicyclic) bond motifs is 1. The lowest BCUT2D eigenvalue weighted by Crippen LogP contribution is -2.39. The molecular weight excluding hydrogens is 403 g/mol. The molecule has 2 fully saturated rings. The Labute approximate surface area is 152 Å². The van der Waals surface area contributed by atoms with Crippen LogP contribution in [-0.4, -0.2) is 35.7 Å².